The fourth-order valence-electron chi connectivity index (χ4n) is 11.5. The van der Waals surface area contributed by atoms with Gasteiger partial charge in [-0.05, 0) is 128 Å². The van der Waals surface area contributed by atoms with Crippen LogP contribution < -0.4 is 0 Å². The predicted octanol–water partition coefficient (Wildman–Crippen LogP) is 7.57. The van der Waals surface area contributed by atoms with E-state index >= 15 is 0 Å². The lowest BCUT2D eigenvalue weighted by atomic mass is 9.42. The van der Waals surface area contributed by atoms with Crippen LogP contribution in [-0.2, 0) is 69.3 Å². The van der Waals surface area contributed by atoms with E-state index in [0.29, 0.717) is 45.7 Å². The summed E-state index contributed by atoms with van der Waals surface area (Å²) >= 11 is 0. The Balaban J connectivity index is 1.08. The molecule has 2 aromatic rings. The lowest BCUT2D eigenvalue weighted by molar-refractivity contribution is -0.315. The molecule has 0 radical (unpaired) electrons. The average molecular weight is 835 g/mol. The van der Waals surface area contributed by atoms with Crippen molar-refractivity contribution in [2.75, 3.05) is 0 Å². The van der Waals surface area contributed by atoms with Crippen molar-refractivity contribution in [2.24, 2.45) is 22.7 Å². The van der Waals surface area contributed by atoms with Gasteiger partial charge in [-0.2, -0.15) is 0 Å². The first-order chi connectivity index (χ1) is 28.9. The van der Waals surface area contributed by atoms with Gasteiger partial charge in [-0.25, -0.2) is 14.4 Å². The maximum atomic E-state index is 14.1. The van der Waals surface area contributed by atoms with E-state index < -0.39 is 69.5 Å². The van der Waals surface area contributed by atoms with Gasteiger partial charge >= 0.3 is 17.9 Å². The number of ether oxygens (including phenoxy) is 5. The zero-order valence-corrected chi connectivity index (χ0v) is 36.1. The average Bonchev–Trinajstić information content (AvgIpc) is 3.95. The highest BCUT2D eigenvalue weighted by Gasteiger charge is 2.83. The monoisotopic (exact) mass is 834 g/mol. The third kappa shape index (κ3) is 7.15. The summed E-state index contributed by atoms with van der Waals surface area (Å²) in [4.78, 5) is 54.9. The molecule has 8 rings (SSSR count). The quantitative estimate of drug-likeness (QED) is 0.105. The Morgan fingerprint density at radius 1 is 0.787 bits per heavy atom. The summed E-state index contributed by atoms with van der Waals surface area (Å²) in [6, 6.07) is 11.7. The van der Waals surface area contributed by atoms with Gasteiger partial charge in [0.05, 0.1) is 31.8 Å². The van der Waals surface area contributed by atoms with E-state index in [-0.39, 0.29) is 31.6 Å². The lowest BCUT2D eigenvalue weighted by Crippen LogP contribution is -2.78. The van der Waals surface area contributed by atoms with E-state index in [1.807, 2.05) is 63.2 Å². The van der Waals surface area contributed by atoms with Crippen molar-refractivity contribution >= 4 is 35.8 Å². The van der Waals surface area contributed by atoms with Crippen LogP contribution in [0.1, 0.15) is 120 Å². The second-order valence-electron chi connectivity index (χ2n) is 18.9. The molecule has 0 saturated heterocycles. The molecule has 3 saturated carbocycles. The maximum Gasteiger partial charge on any atom is 0.331 e. The molecular weight excluding hydrogens is 777 g/mol. The van der Waals surface area contributed by atoms with Gasteiger partial charge < -0.3 is 33.9 Å². The molecule has 0 spiro atoms. The number of aliphatic hydroxyl groups is 2. The second kappa shape index (κ2) is 15.9. The van der Waals surface area contributed by atoms with E-state index in [1.54, 1.807) is 19.1 Å². The number of hydrogen-bond donors (Lipinski definition) is 2. The van der Waals surface area contributed by atoms with Crippen molar-refractivity contribution in [1.29, 1.82) is 0 Å². The second-order valence-corrected chi connectivity index (χ2v) is 18.9. The van der Waals surface area contributed by atoms with Crippen molar-refractivity contribution in [1.82, 2.24) is 0 Å². The van der Waals surface area contributed by atoms with Gasteiger partial charge in [0.2, 0.25) is 0 Å². The summed E-state index contributed by atoms with van der Waals surface area (Å²) in [5.41, 5.74) is -0.438. The van der Waals surface area contributed by atoms with Crippen molar-refractivity contribution in [3.8, 4) is 0 Å². The van der Waals surface area contributed by atoms with Crippen LogP contribution in [0.25, 0.3) is 12.2 Å². The van der Waals surface area contributed by atoms with Crippen LogP contribution in [0.15, 0.2) is 71.8 Å². The van der Waals surface area contributed by atoms with Crippen LogP contribution in [0.2, 0.25) is 0 Å². The number of ketones is 1. The first-order valence-electron chi connectivity index (χ1n) is 21.7. The van der Waals surface area contributed by atoms with E-state index in [0.717, 1.165) is 44.5 Å². The van der Waals surface area contributed by atoms with Crippen LogP contribution in [0, 0.1) is 22.7 Å². The molecule has 1 unspecified atom stereocenters. The van der Waals surface area contributed by atoms with Crippen LogP contribution in [0.4, 0.5) is 0 Å². The molecule has 8 atom stereocenters. The number of rotatable bonds is 10. The topological polar surface area (TPSA) is 155 Å². The molecule has 4 aliphatic carbocycles. The molecule has 2 N–H and O–H groups in total. The predicted molar refractivity (Wildman–Crippen MR) is 226 cm³/mol. The van der Waals surface area contributed by atoms with Gasteiger partial charge in [0, 0.05) is 30.6 Å². The number of benzene rings is 2. The number of carbonyl (C=O) groups excluding carboxylic acids is 4. The van der Waals surface area contributed by atoms with Gasteiger partial charge in [0.25, 0.3) is 0 Å². The molecule has 2 aliphatic heterocycles. The molecule has 6 aliphatic rings. The molecule has 2 heterocycles. The molecule has 11 heteroatoms. The van der Waals surface area contributed by atoms with E-state index in [4.69, 9.17) is 23.7 Å². The van der Waals surface area contributed by atoms with E-state index in [1.165, 1.54) is 25.2 Å². The van der Waals surface area contributed by atoms with E-state index in [2.05, 4.69) is 6.92 Å². The van der Waals surface area contributed by atoms with Gasteiger partial charge in [0.15, 0.2) is 11.4 Å². The van der Waals surface area contributed by atoms with Gasteiger partial charge in [-0.15, -0.1) is 0 Å². The Labute approximate surface area is 357 Å². The molecule has 2 aromatic carbocycles. The fourth-order valence-corrected chi connectivity index (χ4v) is 11.5. The number of Topliss-reactive ketones (excluding diaryl/α,β-unsaturated/α-hetero) is 1. The fraction of sp³-hybridized carbons (Fsp3) is 0.520. The summed E-state index contributed by atoms with van der Waals surface area (Å²) < 4.78 is 29.7. The molecular formula is C50H58O11. The van der Waals surface area contributed by atoms with Crippen molar-refractivity contribution in [2.45, 2.75) is 142 Å². The summed E-state index contributed by atoms with van der Waals surface area (Å²) in [7, 11) is 0. The summed E-state index contributed by atoms with van der Waals surface area (Å²) in [6.07, 6.45) is 9.29. The summed E-state index contributed by atoms with van der Waals surface area (Å²) in [5, 5.41) is 26.5. The van der Waals surface area contributed by atoms with Gasteiger partial charge in [0.1, 0.15) is 23.4 Å². The van der Waals surface area contributed by atoms with Crippen molar-refractivity contribution < 1.29 is 53.1 Å². The van der Waals surface area contributed by atoms with E-state index in [9.17, 15) is 29.4 Å². The lowest BCUT2D eigenvalue weighted by Gasteiger charge is -2.67. The SMILES string of the molecule is CC(=O)[C@]1(OC(=O)/C=C/c2ccc3c(c2)COC3)CC[C@@]2(O)[C@]1(C)[C@H](OC(=O)/C=C(\C)C(C)C)CC1[C@@]3(C)CC[C@H](OC(=O)/C=C/c4ccc5c(c4)COC5)CC3=CC[C@]12O. The Morgan fingerprint density at radius 2 is 1.39 bits per heavy atom. The third-order valence-electron chi connectivity index (χ3n) is 15.5. The van der Waals surface area contributed by atoms with Crippen molar-refractivity contribution in [3.63, 3.8) is 0 Å². The van der Waals surface area contributed by atoms with Gasteiger partial charge in [-0.1, -0.05) is 62.3 Å². The maximum absolute atomic E-state index is 14.1. The highest BCUT2D eigenvalue weighted by Crippen LogP contribution is 2.71. The number of carbonyl (C=O) groups is 4. The minimum atomic E-state index is -2.04. The molecule has 0 amide bonds. The number of hydrogen-bond acceptors (Lipinski definition) is 11. The summed E-state index contributed by atoms with van der Waals surface area (Å²) in [5.74, 6) is -2.98. The third-order valence-corrected chi connectivity index (χ3v) is 15.5. The number of fused-ring (bicyclic) bond motifs is 7. The van der Waals surface area contributed by atoms with Crippen LogP contribution in [0.5, 0.6) is 0 Å². The summed E-state index contributed by atoms with van der Waals surface area (Å²) in [6.45, 7) is 12.9. The highest BCUT2D eigenvalue weighted by atomic mass is 16.6. The Hall–Kier alpha value is -4.68. The molecule has 0 aromatic heterocycles. The highest BCUT2D eigenvalue weighted by molar-refractivity contribution is 5.94. The van der Waals surface area contributed by atoms with Crippen molar-refractivity contribution in [3.05, 3.63) is 105 Å². The molecule has 11 nitrogen and oxygen atoms in total. The zero-order chi connectivity index (χ0) is 43.5. The smallest absolute Gasteiger partial charge is 0.331 e. The Bertz CT molecular complexity index is 2270. The normalized spacial score (nSPS) is 34.0. The van der Waals surface area contributed by atoms with Gasteiger partial charge in [-0.3, -0.25) is 4.79 Å². The standard InChI is InChI=1S/C50H58O11/c1-30(2)31(3)21-45(54)60-42-25-41-46(5)17-16-40(59-43(52)13-9-33-7-11-35-26-57-28-37(35)22-33)24-39(46)15-18-48(41,55)50(56)20-19-49(32(4)51,47(42,50)6)61-44(53)14-10-34-8-12-36-27-58-29-38(36)23-34/h7-15,21-23,30,40-42,55-56H,16-20,24-29H2,1-6H3/b13-9+,14-10+,31-21+/t40-,41?,42+,46-,47+,48-,49+,50+/m0/s1. The first kappa shape index (κ1) is 43.0. The largest absolute Gasteiger partial charge is 0.459 e. The number of allylic oxidation sites excluding steroid dienone is 1. The Morgan fingerprint density at radius 3 is 2.00 bits per heavy atom. The first-order valence-corrected chi connectivity index (χ1v) is 21.7. The number of esters is 3. The molecule has 61 heavy (non-hydrogen) atoms. The minimum Gasteiger partial charge on any atom is -0.459 e. The molecule has 3 fully saturated rings. The van der Waals surface area contributed by atoms with Crippen LogP contribution in [-0.4, -0.2) is 62.9 Å². The van der Waals surface area contributed by atoms with Crippen LogP contribution >= 0.6 is 0 Å². The molecule has 0 bridgehead atoms. The van der Waals surface area contributed by atoms with Crippen LogP contribution in [0.3, 0.4) is 0 Å². The molecule has 324 valence electrons. The Kier molecular flexibility index (Phi) is 11.2. The zero-order valence-electron chi connectivity index (χ0n) is 36.1. The minimum absolute atomic E-state index is 0.0359.